The van der Waals surface area contributed by atoms with Crippen LogP contribution in [0.3, 0.4) is 0 Å². The molecule has 36 heavy (non-hydrogen) atoms. The Labute approximate surface area is 208 Å². The molecule has 4 rings (SSSR count). The van der Waals surface area contributed by atoms with E-state index >= 15 is 0 Å². The van der Waals surface area contributed by atoms with E-state index in [-0.39, 0.29) is 17.0 Å². The topological polar surface area (TPSA) is 148 Å². The third-order valence-electron chi connectivity index (χ3n) is 5.44. The zero-order chi connectivity index (χ0) is 26.1. The van der Waals surface area contributed by atoms with E-state index in [0.29, 0.717) is 28.3 Å². The number of non-ortho nitro benzene ring substituents is 1. The summed E-state index contributed by atoms with van der Waals surface area (Å²) < 4.78 is 59.0. The Morgan fingerprint density at radius 2 is 1.72 bits per heavy atom. The number of rotatable bonds is 8. The first-order valence-corrected chi connectivity index (χ1v) is 13.9. The molecule has 11 nitrogen and oxygen atoms in total. The highest BCUT2D eigenvalue weighted by Crippen LogP contribution is 2.38. The molecule has 3 aromatic rings. The van der Waals surface area contributed by atoms with Crippen molar-refractivity contribution >= 4 is 37.1 Å². The van der Waals surface area contributed by atoms with Crippen LogP contribution < -0.4 is 9.46 Å². The maximum absolute atomic E-state index is 13.6. The number of nitro benzene ring substituents is 1. The molecule has 1 aliphatic heterocycles. The second-order valence-corrected chi connectivity index (χ2v) is 11.6. The minimum absolute atomic E-state index is 0.0313. The molecule has 0 aliphatic carbocycles. The normalized spacial score (nSPS) is 15.9. The lowest BCUT2D eigenvalue weighted by molar-refractivity contribution is -0.384. The molecule has 0 unspecified atom stereocenters. The van der Waals surface area contributed by atoms with Gasteiger partial charge in [-0.2, -0.15) is 17.9 Å². The van der Waals surface area contributed by atoms with Crippen LogP contribution in [0.15, 0.2) is 82.8 Å². The Bertz CT molecular complexity index is 1550. The number of hydrazone groups is 1. The van der Waals surface area contributed by atoms with E-state index in [0.717, 1.165) is 10.7 Å². The molecule has 3 aromatic carbocycles. The van der Waals surface area contributed by atoms with E-state index in [9.17, 15) is 26.9 Å². The maximum Gasteiger partial charge on any atom is 0.279 e. The zero-order valence-corrected chi connectivity index (χ0v) is 20.9. The molecule has 1 heterocycles. The Kier molecular flexibility index (Phi) is 6.69. The van der Waals surface area contributed by atoms with Gasteiger partial charge in [0.25, 0.3) is 15.7 Å². The fourth-order valence-corrected chi connectivity index (χ4v) is 5.80. The summed E-state index contributed by atoms with van der Waals surface area (Å²) in [7, 11) is -6.23. The molecule has 188 valence electrons. The summed E-state index contributed by atoms with van der Waals surface area (Å²) in [6.45, 7) is 0. The lowest BCUT2D eigenvalue weighted by atomic mass is 9.98. The fraction of sp³-hybridized carbons (Fsp3) is 0.174. The minimum atomic E-state index is -4.17. The predicted octanol–water partition coefficient (Wildman–Crippen LogP) is 3.51. The molecule has 0 radical (unpaired) electrons. The Balaban J connectivity index is 1.80. The Morgan fingerprint density at radius 1 is 1.03 bits per heavy atom. The lowest BCUT2D eigenvalue weighted by Crippen LogP contribution is -2.27. The Morgan fingerprint density at radius 3 is 2.36 bits per heavy atom. The van der Waals surface area contributed by atoms with Gasteiger partial charge >= 0.3 is 0 Å². The van der Waals surface area contributed by atoms with Crippen molar-refractivity contribution in [3.63, 3.8) is 0 Å². The summed E-state index contributed by atoms with van der Waals surface area (Å²) >= 11 is 0. The van der Waals surface area contributed by atoms with E-state index in [2.05, 4.69) is 9.82 Å². The Hall–Kier alpha value is -3.97. The number of hydrogen-bond donors (Lipinski definition) is 1. The van der Waals surface area contributed by atoms with Crippen molar-refractivity contribution in [1.82, 2.24) is 4.41 Å². The van der Waals surface area contributed by atoms with Crippen molar-refractivity contribution < 1.29 is 26.5 Å². The molecule has 1 aliphatic rings. The summed E-state index contributed by atoms with van der Waals surface area (Å²) in [5.41, 5.74) is 1.39. The van der Waals surface area contributed by atoms with E-state index < -0.39 is 31.0 Å². The maximum atomic E-state index is 13.6. The van der Waals surface area contributed by atoms with Crippen molar-refractivity contribution in [2.24, 2.45) is 5.10 Å². The smallest absolute Gasteiger partial charge is 0.279 e. The van der Waals surface area contributed by atoms with Gasteiger partial charge in [0.05, 0.1) is 34.9 Å². The summed E-state index contributed by atoms with van der Waals surface area (Å²) in [6, 6.07) is 17.1. The monoisotopic (exact) mass is 530 g/mol. The van der Waals surface area contributed by atoms with E-state index in [1.54, 1.807) is 30.3 Å². The van der Waals surface area contributed by atoms with Crippen LogP contribution in [0.25, 0.3) is 0 Å². The predicted molar refractivity (Wildman–Crippen MR) is 134 cm³/mol. The third kappa shape index (κ3) is 5.31. The molecule has 0 amide bonds. The van der Waals surface area contributed by atoms with Crippen LogP contribution in [0, 0.1) is 10.1 Å². The average molecular weight is 531 g/mol. The summed E-state index contributed by atoms with van der Waals surface area (Å²) in [5.74, 6) is 0.477. The van der Waals surface area contributed by atoms with Gasteiger partial charge in [-0.25, -0.2) is 8.42 Å². The quantitative estimate of drug-likeness (QED) is 0.346. The number of sulfonamides is 2. The van der Waals surface area contributed by atoms with Gasteiger partial charge in [-0.15, -0.1) is 0 Å². The molecule has 0 aromatic heterocycles. The molecule has 0 saturated heterocycles. The number of hydrogen-bond acceptors (Lipinski definition) is 8. The number of ether oxygens (including phenoxy) is 1. The van der Waals surface area contributed by atoms with Crippen LogP contribution in [0.1, 0.15) is 23.6 Å². The summed E-state index contributed by atoms with van der Waals surface area (Å²) in [4.78, 5) is 10.8. The molecule has 0 fully saturated rings. The van der Waals surface area contributed by atoms with Crippen molar-refractivity contribution in [2.75, 3.05) is 18.1 Å². The van der Waals surface area contributed by atoms with Gasteiger partial charge in [-0.3, -0.25) is 14.8 Å². The van der Waals surface area contributed by atoms with Gasteiger partial charge in [0, 0.05) is 24.2 Å². The molecular weight excluding hydrogens is 508 g/mol. The average Bonchev–Trinajstić information content (AvgIpc) is 3.30. The van der Waals surface area contributed by atoms with Gasteiger partial charge in [-0.05, 0) is 47.5 Å². The number of nitro groups is 1. The first kappa shape index (κ1) is 25.1. The number of benzene rings is 3. The molecule has 0 spiro atoms. The van der Waals surface area contributed by atoms with E-state index in [4.69, 9.17) is 4.74 Å². The SMILES string of the molecule is COc1ccc(S(=O)(=O)N2N=C(c3cccc(NS(C)(=O)=O)c3)C[C@@H]2c2cccc([N+](=O)[O-])c2)cc1. The standard InChI is InChI=1S/C23H22N4O7S2/c1-34-20-9-11-21(12-10-20)36(32,33)26-23(17-6-4-8-19(14-17)27(28)29)15-22(24-26)16-5-3-7-18(13-16)25-35(2,30)31/h3-14,23,25H,15H2,1-2H3/t23-/m1/s1. The van der Waals surface area contributed by atoms with Gasteiger partial charge < -0.3 is 4.74 Å². The lowest BCUT2D eigenvalue weighted by Gasteiger charge is -2.23. The molecular formula is C23H22N4O7S2. The number of nitrogens with zero attached hydrogens (tertiary/aromatic N) is 3. The zero-order valence-electron chi connectivity index (χ0n) is 19.2. The first-order valence-electron chi connectivity index (χ1n) is 10.6. The van der Waals surface area contributed by atoms with Gasteiger partial charge in [0.15, 0.2) is 0 Å². The largest absolute Gasteiger partial charge is 0.497 e. The second-order valence-electron chi connectivity index (χ2n) is 8.03. The summed E-state index contributed by atoms with van der Waals surface area (Å²) in [5, 5.41) is 15.7. The van der Waals surface area contributed by atoms with Crippen LogP contribution in [0.5, 0.6) is 5.75 Å². The molecule has 0 bridgehead atoms. The molecule has 1 N–H and O–H groups in total. The second kappa shape index (κ2) is 9.59. The van der Waals surface area contributed by atoms with Crippen molar-refractivity contribution in [2.45, 2.75) is 17.4 Å². The van der Waals surface area contributed by atoms with Crippen molar-refractivity contribution in [3.8, 4) is 5.75 Å². The van der Waals surface area contributed by atoms with Gasteiger partial charge in [0.2, 0.25) is 10.0 Å². The highest BCUT2D eigenvalue weighted by atomic mass is 32.2. The van der Waals surface area contributed by atoms with E-state index in [1.807, 2.05) is 0 Å². The highest BCUT2D eigenvalue weighted by Gasteiger charge is 2.38. The van der Waals surface area contributed by atoms with Gasteiger partial charge in [0.1, 0.15) is 5.75 Å². The van der Waals surface area contributed by atoms with Crippen molar-refractivity contribution in [3.05, 3.63) is 94.0 Å². The number of anilines is 1. The van der Waals surface area contributed by atoms with Crippen LogP contribution >= 0.6 is 0 Å². The summed E-state index contributed by atoms with van der Waals surface area (Å²) in [6.07, 6.45) is 1.13. The third-order valence-corrected chi connectivity index (χ3v) is 7.74. The number of methoxy groups -OCH3 is 1. The van der Waals surface area contributed by atoms with Gasteiger partial charge in [-0.1, -0.05) is 24.3 Å². The first-order chi connectivity index (χ1) is 17.0. The highest BCUT2D eigenvalue weighted by molar-refractivity contribution is 7.92. The molecule has 0 saturated carbocycles. The fourth-order valence-electron chi connectivity index (χ4n) is 3.81. The van der Waals surface area contributed by atoms with Crippen LogP contribution in [-0.2, 0) is 20.0 Å². The van der Waals surface area contributed by atoms with Crippen LogP contribution in [0.2, 0.25) is 0 Å². The number of nitrogens with one attached hydrogen (secondary N) is 1. The molecule has 13 heteroatoms. The van der Waals surface area contributed by atoms with E-state index in [1.165, 1.54) is 49.6 Å². The molecule has 1 atom stereocenters. The van der Waals surface area contributed by atoms with Crippen molar-refractivity contribution in [1.29, 1.82) is 0 Å². The van der Waals surface area contributed by atoms with Crippen LogP contribution in [-0.4, -0.2) is 45.3 Å². The minimum Gasteiger partial charge on any atom is -0.497 e. The van der Waals surface area contributed by atoms with Crippen LogP contribution in [0.4, 0.5) is 11.4 Å².